The van der Waals surface area contributed by atoms with Crippen LogP contribution < -0.4 is 0 Å². The van der Waals surface area contributed by atoms with Crippen LogP contribution in [0.3, 0.4) is 0 Å². The van der Waals surface area contributed by atoms with Gasteiger partial charge >= 0.3 is 5.97 Å². The van der Waals surface area contributed by atoms with E-state index < -0.39 is 12.0 Å². The van der Waals surface area contributed by atoms with E-state index in [4.69, 9.17) is 9.90 Å². The number of rotatable bonds is 7. The van der Waals surface area contributed by atoms with Crippen LogP contribution in [-0.2, 0) is 16.1 Å². The Labute approximate surface area is 138 Å². The third-order valence-electron chi connectivity index (χ3n) is 3.40. The summed E-state index contributed by atoms with van der Waals surface area (Å²) in [4.78, 5) is 21.6. The van der Waals surface area contributed by atoms with Crippen molar-refractivity contribution >= 4 is 35.2 Å². The first-order valence-corrected chi connectivity index (χ1v) is 7.98. The molecule has 1 aromatic heterocycles. The van der Waals surface area contributed by atoms with Crippen LogP contribution in [0.4, 0.5) is 0 Å². The van der Waals surface area contributed by atoms with Crippen molar-refractivity contribution in [3.05, 3.63) is 23.8 Å². The summed E-state index contributed by atoms with van der Waals surface area (Å²) in [7, 11) is 1.86. The number of hydrogen-bond donors (Lipinski definition) is 2. The summed E-state index contributed by atoms with van der Waals surface area (Å²) in [5, 5.41) is 16.2. The zero-order valence-corrected chi connectivity index (χ0v) is 14.0. The fourth-order valence-electron chi connectivity index (χ4n) is 2.25. The van der Waals surface area contributed by atoms with Gasteiger partial charge in [-0.15, -0.1) is 0 Å². The van der Waals surface area contributed by atoms with Crippen molar-refractivity contribution in [2.75, 3.05) is 7.05 Å². The predicted octanol–water partition coefficient (Wildman–Crippen LogP) is 2.47. The maximum atomic E-state index is 11.3. The molecule has 2 N–H and O–H groups in total. The zero-order valence-electron chi connectivity index (χ0n) is 13.2. The molecule has 0 fully saturated rings. The first-order valence-electron chi connectivity index (χ1n) is 7.25. The molecule has 0 saturated heterocycles. The van der Waals surface area contributed by atoms with Gasteiger partial charge in [0.05, 0.1) is 11.7 Å². The number of carboxylic acid groups (broad SMARTS) is 2. The van der Waals surface area contributed by atoms with Gasteiger partial charge in [0.1, 0.15) is 17.1 Å². The molecule has 1 atom stereocenters. The minimum Gasteiger partial charge on any atom is -0.483 e. The number of aromatic nitrogens is 2. The van der Waals surface area contributed by atoms with Crippen LogP contribution in [0.1, 0.15) is 31.7 Å². The molecule has 2 aromatic rings. The maximum absolute atomic E-state index is 11.3. The van der Waals surface area contributed by atoms with Crippen LogP contribution in [0, 0.1) is 0 Å². The summed E-state index contributed by atoms with van der Waals surface area (Å²) in [6.45, 7) is 2.43. The number of likely N-dealkylation sites (N-methyl/N-ethyl adjacent to an activating group) is 1. The lowest BCUT2D eigenvalue weighted by atomic mass is 10.1. The topological polar surface area (TPSA) is 104 Å². The Balaban J connectivity index is 0.000000816. The monoisotopic (exact) mass is 339 g/mol. The lowest BCUT2D eigenvalue weighted by Crippen LogP contribution is -2.37. The van der Waals surface area contributed by atoms with E-state index in [-0.39, 0.29) is 6.47 Å². The Kier molecular flexibility index (Phi) is 8.14. The van der Waals surface area contributed by atoms with Gasteiger partial charge in [0.15, 0.2) is 0 Å². The van der Waals surface area contributed by atoms with Gasteiger partial charge in [-0.1, -0.05) is 25.8 Å². The molecule has 0 aliphatic heterocycles. The molecule has 2 rings (SSSR count). The normalized spacial score (nSPS) is 11.8. The number of fused-ring (bicyclic) bond motifs is 1. The molecule has 1 heterocycles. The summed E-state index contributed by atoms with van der Waals surface area (Å²) in [5.41, 5.74) is 2.83. The second kappa shape index (κ2) is 9.86. The summed E-state index contributed by atoms with van der Waals surface area (Å²) in [6.07, 6.45) is 2.62. The molecule has 0 bridgehead atoms. The highest BCUT2D eigenvalue weighted by atomic mass is 32.1. The van der Waals surface area contributed by atoms with Gasteiger partial charge in [0.25, 0.3) is 6.47 Å². The SMILES string of the molecule is CCCCC(C(=O)O)N(C)Cc1ccc2nsnc2c1.O=CO. The smallest absolute Gasteiger partial charge is 0.320 e. The Hall–Kier alpha value is -2.06. The number of carbonyl (C=O) groups is 2. The van der Waals surface area contributed by atoms with Gasteiger partial charge in [0.2, 0.25) is 0 Å². The molecule has 0 aliphatic rings. The highest BCUT2D eigenvalue weighted by molar-refractivity contribution is 7.00. The van der Waals surface area contributed by atoms with E-state index in [0.29, 0.717) is 13.0 Å². The van der Waals surface area contributed by atoms with Gasteiger partial charge in [-0.05, 0) is 31.2 Å². The van der Waals surface area contributed by atoms with E-state index in [9.17, 15) is 9.90 Å². The molecule has 0 aliphatic carbocycles. The van der Waals surface area contributed by atoms with Gasteiger partial charge in [-0.25, -0.2) is 0 Å². The number of carboxylic acids is 1. The van der Waals surface area contributed by atoms with Crippen molar-refractivity contribution in [3.63, 3.8) is 0 Å². The van der Waals surface area contributed by atoms with Crippen molar-refractivity contribution in [1.82, 2.24) is 13.6 Å². The molecule has 0 saturated carbocycles. The summed E-state index contributed by atoms with van der Waals surface area (Å²) < 4.78 is 8.38. The quantitative estimate of drug-likeness (QED) is 0.747. The fraction of sp³-hybridized carbons (Fsp3) is 0.467. The first kappa shape index (κ1) is 19.0. The molecule has 0 spiro atoms. The van der Waals surface area contributed by atoms with E-state index in [1.54, 1.807) is 0 Å². The molecule has 126 valence electrons. The van der Waals surface area contributed by atoms with Crippen molar-refractivity contribution in [3.8, 4) is 0 Å². The molecular formula is C15H21N3O4S. The number of hydrogen-bond acceptors (Lipinski definition) is 6. The van der Waals surface area contributed by atoms with Crippen LogP contribution >= 0.6 is 11.7 Å². The van der Waals surface area contributed by atoms with Crippen LogP contribution in [0.25, 0.3) is 11.0 Å². The van der Waals surface area contributed by atoms with Gasteiger partial charge in [0, 0.05) is 6.54 Å². The highest BCUT2D eigenvalue weighted by Crippen LogP contribution is 2.17. The second-order valence-corrected chi connectivity index (χ2v) is 5.63. The largest absolute Gasteiger partial charge is 0.483 e. The molecule has 1 unspecified atom stereocenters. The molecule has 8 heteroatoms. The van der Waals surface area contributed by atoms with Crippen LogP contribution in [0.5, 0.6) is 0 Å². The standard InChI is InChI=1S/C14H19N3O2S.CH2O2/c1-3-4-5-13(14(18)19)17(2)9-10-6-7-11-12(8-10)16-20-15-11;2-1-3/h6-8,13H,3-5,9H2,1-2H3,(H,18,19);1H,(H,2,3). The van der Waals surface area contributed by atoms with Crippen molar-refractivity contribution in [2.45, 2.75) is 38.8 Å². The second-order valence-electron chi connectivity index (χ2n) is 5.10. The highest BCUT2D eigenvalue weighted by Gasteiger charge is 2.21. The van der Waals surface area contributed by atoms with Gasteiger partial charge in [-0.2, -0.15) is 8.75 Å². The van der Waals surface area contributed by atoms with E-state index >= 15 is 0 Å². The molecule has 0 amide bonds. The minimum absolute atomic E-state index is 0.250. The molecule has 1 aromatic carbocycles. The Morgan fingerprint density at radius 3 is 2.65 bits per heavy atom. The molecule has 23 heavy (non-hydrogen) atoms. The first-order chi connectivity index (χ1) is 11.0. The summed E-state index contributed by atoms with van der Waals surface area (Å²) >= 11 is 1.20. The van der Waals surface area contributed by atoms with E-state index in [2.05, 4.69) is 15.7 Å². The third-order valence-corrected chi connectivity index (χ3v) is 3.96. The molecule has 0 radical (unpaired) electrons. The summed E-state index contributed by atoms with van der Waals surface area (Å²) in [6, 6.07) is 5.47. The maximum Gasteiger partial charge on any atom is 0.320 e. The van der Waals surface area contributed by atoms with Gasteiger partial charge in [-0.3, -0.25) is 14.5 Å². The lowest BCUT2D eigenvalue weighted by Gasteiger charge is -2.24. The van der Waals surface area contributed by atoms with Gasteiger partial charge < -0.3 is 10.2 Å². The minimum atomic E-state index is -0.752. The Morgan fingerprint density at radius 1 is 1.39 bits per heavy atom. The van der Waals surface area contributed by atoms with Crippen molar-refractivity contribution in [1.29, 1.82) is 0 Å². The number of aliphatic carboxylic acids is 1. The number of nitrogens with zero attached hydrogens (tertiary/aromatic N) is 3. The van der Waals surface area contributed by atoms with E-state index in [1.807, 2.05) is 30.1 Å². The lowest BCUT2D eigenvalue weighted by molar-refractivity contribution is -0.143. The van der Waals surface area contributed by atoms with Crippen LogP contribution in [-0.4, -0.2) is 49.4 Å². The van der Waals surface area contributed by atoms with Crippen molar-refractivity contribution < 1.29 is 19.8 Å². The average Bonchev–Trinajstić information content (AvgIpc) is 2.95. The molecular weight excluding hydrogens is 318 g/mol. The van der Waals surface area contributed by atoms with Crippen LogP contribution in [0.2, 0.25) is 0 Å². The summed E-state index contributed by atoms with van der Waals surface area (Å²) in [5.74, 6) is -0.752. The van der Waals surface area contributed by atoms with E-state index in [1.165, 1.54) is 11.7 Å². The zero-order chi connectivity index (χ0) is 17.2. The Bertz CT molecular complexity index is 632. The number of benzene rings is 1. The van der Waals surface area contributed by atoms with Crippen molar-refractivity contribution in [2.24, 2.45) is 0 Å². The number of unbranched alkanes of at least 4 members (excludes halogenated alkanes) is 1. The fourth-order valence-corrected chi connectivity index (χ4v) is 2.77. The Morgan fingerprint density at radius 2 is 2.04 bits per heavy atom. The third kappa shape index (κ3) is 5.91. The van der Waals surface area contributed by atoms with Crippen LogP contribution in [0.15, 0.2) is 18.2 Å². The van der Waals surface area contributed by atoms with E-state index in [0.717, 1.165) is 29.4 Å². The predicted molar refractivity (Wildman–Crippen MR) is 88.5 cm³/mol. The average molecular weight is 339 g/mol. The molecule has 7 nitrogen and oxygen atoms in total.